The monoisotopic (exact) mass is 228 g/mol. The van der Waals surface area contributed by atoms with E-state index in [0.717, 1.165) is 0 Å². The number of nitrogens with one attached hydrogen (secondary N) is 1. The highest BCUT2D eigenvalue weighted by Gasteiger charge is 2.04. The first-order chi connectivity index (χ1) is 7.24. The van der Waals surface area contributed by atoms with E-state index in [0.29, 0.717) is 23.9 Å². The van der Waals surface area contributed by atoms with Crippen molar-refractivity contribution in [3.63, 3.8) is 0 Å². The summed E-state index contributed by atoms with van der Waals surface area (Å²) < 4.78 is 4.98. The molecule has 1 amide bonds. The normalized spacial score (nSPS) is 10.0. The van der Waals surface area contributed by atoms with Crippen LogP contribution in [0.25, 0.3) is 0 Å². The fraction of sp³-hybridized carbons (Fsp3) is 0.300. The Kier molecular flexibility index (Phi) is 5.10. The summed E-state index contributed by atoms with van der Waals surface area (Å²) in [6, 6.07) is 7.02. The summed E-state index contributed by atoms with van der Waals surface area (Å²) >= 11 is 5.85. The van der Waals surface area contributed by atoms with Crippen LogP contribution in [0.15, 0.2) is 24.3 Å². The number of hydrogen-bond donors (Lipinski definition) is 2. The van der Waals surface area contributed by atoms with Crippen LogP contribution in [0.2, 0.25) is 5.02 Å². The predicted octanol–water partition coefficient (Wildman–Crippen LogP) is 1.25. The Morgan fingerprint density at radius 1 is 1.47 bits per heavy atom. The number of amides is 1. The van der Waals surface area contributed by atoms with Gasteiger partial charge in [0.2, 0.25) is 5.91 Å². The van der Waals surface area contributed by atoms with Crippen LogP contribution in [0, 0.1) is 0 Å². The first-order valence-corrected chi connectivity index (χ1v) is 4.94. The van der Waals surface area contributed by atoms with E-state index in [9.17, 15) is 4.79 Å². The molecule has 3 N–H and O–H groups in total. The van der Waals surface area contributed by atoms with Gasteiger partial charge < -0.3 is 15.8 Å². The number of nitrogens with two attached hydrogens (primary N) is 1. The predicted molar refractivity (Wildman–Crippen MR) is 60.0 cm³/mol. The molecular weight excluding hydrogens is 216 g/mol. The number of para-hydroxylation sites is 1. The molecule has 5 heteroatoms. The van der Waals surface area contributed by atoms with Gasteiger partial charge in [0.1, 0.15) is 6.61 Å². The largest absolute Gasteiger partial charge is 0.370 e. The molecule has 0 bridgehead atoms. The van der Waals surface area contributed by atoms with E-state index in [2.05, 4.69) is 5.32 Å². The summed E-state index contributed by atoms with van der Waals surface area (Å²) in [6.07, 6.45) is 0. The third-order valence-electron chi connectivity index (χ3n) is 1.64. The van der Waals surface area contributed by atoms with Crippen LogP contribution in [-0.4, -0.2) is 25.7 Å². The minimum Gasteiger partial charge on any atom is -0.370 e. The third kappa shape index (κ3) is 4.29. The maximum Gasteiger partial charge on any atom is 0.250 e. The van der Waals surface area contributed by atoms with Crippen molar-refractivity contribution in [2.75, 3.05) is 25.1 Å². The van der Waals surface area contributed by atoms with Crippen LogP contribution < -0.4 is 11.1 Å². The molecule has 0 aromatic heterocycles. The van der Waals surface area contributed by atoms with Crippen molar-refractivity contribution >= 4 is 23.2 Å². The molecule has 0 heterocycles. The fourth-order valence-electron chi connectivity index (χ4n) is 0.997. The molecule has 15 heavy (non-hydrogen) atoms. The highest BCUT2D eigenvalue weighted by molar-refractivity contribution is 6.33. The SMILES string of the molecule is NCCOCC(=O)Nc1ccccc1Cl. The maximum atomic E-state index is 11.3. The zero-order valence-corrected chi connectivity index (χ0v) is 8.96. The first kappa shape index (κ1) is 12.0. The minimum atomic E-state index is -0.239. The summed E-state index contributed by atoms with van der Waals surface area (Å²) in [7, 11) is 0. The van der Waals surface area contributed by atoms with Gasteiger partial charge in [-0.3, -0.25) is 4.79 Å². The lowest BCUT2D eigenvalue weighted by Crippen LogP contribution is -2.20. The number of benzene rings is 1. The van der Waals surface area contributed by atoms with E-state index in [1.54, 1.807) is 24.3 Å². The molecule has 82 valence electrons. The molecule has 1 aromatic rings. The second-order valence-corrected chi connectivity index (χ2v) is 3.28. The van der Waals surface area contributed by atoms with Crippen LogP contribution in [-0.2, 0) is 9.53 Å². The Morgan fingerprint density at radius 2 is 2.20 bits per heavy atom. The van der Waals surface area contributed by atoms with E-state index in [-0.39, 0.29) is 12.5 Å². The van der Waals surface area contributed by atoms with E-state index in [4.69, 9.17) is 22.1 Å². The van der Waals surface area contributed by atoms with Crippen LogP contribution in [0.1, 0.15) is 0 Å². The summed E-state index contributed by atoms with van der Waals surface area (Å²) in [5.74, 6) is -0.239. The molecule has 0 spiro atoms. The quantitative estimate of drug-likeness (QED) is 0.746. The molecule has 0 aliphatic heterocycles. The van der Waals surface area contributed by atoms with Gasteiger partial charge in [-0.05, 0) is 12.1 Å². The number of carbonyl (C=O) groups is 1. The van der Waals surface area contributed by atoms with Gasteiger partial charge in [0.25, 0.3) is 0 Å². The Labute approximate surface area is 93.4 Å². The van der Waals surface area contributed by atoms with Crippen molar-refractivity contribution in [3.8, 4) is 0 Å². The Morgan fingerprint density at radius 3 is 2.87 bits per heavy atom. The average Bonchev–Trinajstić information content (AvgIpc) is 2.22. The standard InChI is InChI=1S/C10H13ClN2O2/c11-8-3-1-2-4-9(8)13-10(14)7-15-6-5-12/h1-4H,5-7,12H2,(H,13,14). The summed E-state index contributed by atoms with van der Waals surface area (Å²) in [5, 5.41) is 3.14. The lowest BCUT2D eigenvalue weighted by atomic mass is 10.3. The maximum absolute atomic E-state index is 11.3. The molecule has 0 fully saturated rings. The zero-order chi connectivity index (χ0) is 11.1. The minimum absolute atomic E-state index is 0.0115. The number of rotatable bonds is 5. The first-order valence-electron chi connectivity index (χ1n) is 4.56. The zero-order valence-electron chi connectivity index (χ0n) is 8.20. The summed E-state index contributed by atoms with van der Waals surface area (Å²) in [4.78, 5) is 11.3. The number of ether oxygens (including phenoxy) is 1. The van der Waals surface area contributed by atoms with Gasteiger partial charge in [0.05, 0.1) is 17.3 Å². The lowest BCUT2D eigenvalue weighted by Gasteiger charge is -2.06. The molecule has 0 aliphatic rings. The van der Waals surface area contributed by atoms with Crippen LogP contribution in [0.5, 0.6) is 0 Å². The molecule has 0 saturated heterocycles. The third-order valence-corrected chi connectivity index (χ3v) is 1.97. The van der Waals surface area contributed by atoms with E-state index >= 15 is 0 Å². The average molecular weight is 229 g/mol. The van der Waals surface area contributed by atoms with Crippen molar-refractivity contribution in [1.82, 2.24) is 0 Å². The van der Waals surface area contributed by atoms with Crippen molar-refractivity contribution in [2.45, 2.75) is 0 Å². The second-order valence-electron chi connectivity index (χ2n) is 2.87. The van der Waals surface area contributed by atoms with Gasteiger partial charge in [-0.25, -0.2) is 0 Å². The molecule has 0 radical (unpaired) electrons. The van der Waals surface area contributed by atoms with Crippen molar-refractivity contribution in [1.29, 1.82) is 0 Å². The molecule has 0 saturated carbocycles. The Hall–Kier alpha value is -1.10. The van der Waals surface area contributed by atoms with E-state index < -0.39 is 0 Å². The van der Waals surface area contributed by atoms with E-state index in [1.165, 1.54) is 0 Å². The van der Waals surface area contributed by atoms with Gasteiger partial charge in [-0.15, -0.1) is 0 Å². The van der Waals surface area contributed by atoms with Crippen LogP contribution >= 0.6 is 11.6 Å². The topological polar surface area (TPSA) is 64.3 Å². The second kappa shape index (κ2) is 6.40. The van der Waals surface area contributed by atoms with Crippen LogP contribution in [0.3, 0.4) is 0 Å². The number of carbonyl (C=O) groups excluding carboxylic acids is 1. The van der Waals surface area contributed by atoms with Crippen molar-refractivity contribution in [2.24, 2.45) is 5.73 Å². The van der Waals surface area contributed by atoms with Gasteiger partial charge in [0, 0.05) is 6.54 Å². The molecular formula is C10H13ClN2O2. The van der Waals surface area contributed by atoms with Gasteiger partial charge >= 0.3 is 0 Å². The van der Waals surface area contributed by atoms with Gasteiger partial charge in [0.15, 0.2) is 0 Å². The van der Waals surface area contributed by atoms with Crippen molar-refractivity contribution < 1.29 is 9.53 Å². The number of halogens is 1. The Balaban J connectivity index is 2.41. The summed E-state index contributed by atoms with van der Waals surface area (Å²) in [5.41, 5.74) is 5.80. The number of anilines is 1. The Bertz CT molecular complexity index is 331. The fourth-order valence-corrected chi connectivity index (χ4v) is 1.18. The molecule has 0 aliphatic carbocycles. The van der Waals surface area contributed by atoms with Crippen molar-refractivity contribution in [3.05, 3.63) is 29.3 Å². The van der Waals surface area contributed by atoms with Gasteiger partial charge in [-0.1, -0.05) is 23.7 Å². The highest BCUT2D eigenvalue weighted by atomic mass is 35.5. The molecule has 4 nitrogen and oxygen atoms in total. The van der Waals surface area contributed by atoms with Crippen LogP contribution in [0.4, 0.5) is 5.69 Å². The molecule has 1 aromatic carbocycles. The summed E-state index contributed by atoms with van der Waals surface area (Å²) in [6.45, 7) is 0.762. The lowest BCUT2D eigenvalue weighted by molar-refractivity contribution is -0.120. The molecule has 1 rings (SSSR count). The molecule has 0 atom stereocenters. The van der Waals surface area contributed by atoms with E-state index in [1.807, 2.05) is 0 Å². The number of hydrogen-bond acceptors (Lipinski definition) is 3. The molecule has 0 unspecified atom stereocenters. The smallest absolute Gasteiger partial charge is 0.250 e. The van der Waals surface area contributed by atoms with Gasteiger partial charge in [-0.2, -0.15) is 0 Å². The highest BCUT2D eigenvalue weighted by Crippen LogP contribution is 2.19.